The minimum Gasteiger partial charge on any atom is -0.391 e. The molecule has 3 fully saturated rings. The highest BCUT2D eigenvalue weighted by atomic mass is 16.5. The van der Waals surface area contributed by atoms with Gasteiger partial charge in [0.05, 0.1) is 24.2 Å². The summed E-state index contributed by atoms with van der Waals surface area (Å²) in [5, 5.41) is 9.45. The molecule has 1 saturated heterocycles. The predicted octanol–water partition coefficient (Wildman–Crippen LogP) is 0.361. The van der Waals surface area contributed by atoms with Crippen LogP contribution in [-0.2, 0) is 9.53 Å². The zero-order chi connectivity index (χ0) is 9.22. The van der Waals surface area contributed by atoms with Crippen LogP contribution in [0, 0.1) is 17.3 Å². The van der Waals surface area contributed by atoms with Gasteiger partial charge in [-0.1, -0.05) is 0 Å². The third-order valence-electron chi connectivity index (χ3n) is 4.13. The average Bonchev–Trinajstić information content (AvgIpc) is 2.42. The topological polar surface area (TPSA) is 46.5 Å². The summed E-state index contributed by atoms with van der Waals surface area (Å²) in [5.41, 5.74) is -0.137. The van der Waals surface area contributed by atoms with Gasteiger partial charge < -0.3 is 9.84 Å². The quantitative estimate of drug-likeness (QED) is 0.637. The molecule has 0 radical (unpaired) electrons. The number of ether oxygens (including phenoxy) is 1. The molecule has 0 unspecified atom stereocenters. The lowest BCUT2D eigenvalue weighted by molar-refractivity contribution is -0.123. The van der Waals surface area contributed by atoms with Gasteiger partial charge in [0.2, 0.25) is 0 Å². The number of carbonyl (C=O) groups is 1. The average molecular weight is 182 g/mol. The maximum atomic E-state index is 11.6. The maximum absolute atomic E-state index is 11.6. The minimum absolute atomic E-state index is 0.0748. The molecule has 0 aromatic carbocycles. The lowest BCUT2D eigenvalue weighted by Crippen LogP contribution is -2.26. The van der Waals surface area contributed by atoms with Crippen molar-refractivity contribution in [1.82, 2.24) is 0 Å². The highest BCUT2D eigenvalue weighted by Gasteiger charge is 2.77. The van der Waals surface area contributed by atoms with Gasteiger partial charge in [0, 0.05) is 12.3 Å². The van der Waals surface area contributed by atoms with E-state index in [9.17, 15) is 9.90 Å². The van der Waals surface area contributed by atoms with E-state index in [1.54, 1.807) is 6.92 Å². The van der Waals surface area contributed by atoms with Gasteiger partial charge in [-0.05, 0) is 19.3 Å². The summed E-state index contributed by atoms with van der Waals surface area (Å²) in [5.74, 6) is 1.26. The lowest BCUT2D eigenvalue weighted by atomic mass is 9.97. The Hall–Kier alpha value is -0.410. The first-order chi connectivity index (χ1) is 6.18. The molecule has 1 heterocycles. The van der Waals surface area contributed by atoms with Crippen molar-refractivity contribution >= 4 is 5.78 Å². The van der Waals surface area contributed by atoms with Crippen LogP contribution in [0.25, 0.3) is 0 Å². The van der Waals surface area contributed by atoms with Crippen LogP contribution in [0.5, 0.6) is 0 Å². The van der Waals surface area contributed by atoms with E-state index in [1.165, 1.54) is 0 Å². The lowest BCUT2D eigenvalue weighted by Gasteiger charge is -2.16. The van der Waals surface area contributed by atoms with Gasteiger partial charge in [0.15, 0.2) is 0 Å². The van der Waals surface area contributed by atoms with Gasteiger partial charge in [-0.15, -0.1) is 0 Å². The van der Waals surface area contributed by atoms with Gasteiger partial charge in [-0.3, -0.25) is 4.79 Å². The van der Waals surface area contributed by atoms with Crippen molar-refractivity contribution in [2.75, 3.05) is 6.61 Å². The summed E-state index contributed by atoms with van der Waals surface area (Å²) in [7, 11) is 0. The van der Waals surface area contributed by atoms with Crippen LogP contribution in [-0.4, -0.2) is 29.7 Å². The SMILES string of the molecule is C[C@@H](O)[C@H]1OC[C@@]23C(=O)CC[C@@H]2[C@@H]13. The van der Waals surface area contributed by atoms with Crippen LogP contribution in [0.2, 0.25) is 0 Å². The highest BCUT2D eigenvalue weighted by Crippen LogP contribution is 2.71. The number of aliphatic hydroxyl groups is 1. The van der Waals surface area contributed by atoms with Crippen molar-refractivity contribution in [1.29, 1.82) is 0 Å². The summed E-state index contributed by atoms with van der Waals surface area (Å²) in [4.78, 5) is 11.6. The van der Waals surface area contributed by atoms with E-state index >= 15 is 0 Å². The largest absolute Gasteiger partial charge is 0.391 e. The number of ketones is 1. The van der Waals surface area contributed by atoms with E-state index in [-0.39, 0.29) is 11.5 Å². The first kappa shape index (κ1) is 7.94. The zero-order valence-corrected chi connectivity index (χ0v) is 7.69. The Morgan fingerprint density at radius 2 is 2.46 bits per heavy atom. The number of carbonyl (C=O) groups excluding carboxylic acids is 1. The number of hydrogen-bond donors (Lipinski definition) is 1. The maximum Gasteiger partial charge on any atom is 0.142 e. The molecule has 2 aliphatic carbocycles. The molecule has 1 aliphatic heterocycles. The van der Waals surface area contributed by atoms with Crippen molar-refractivity contribution in [3.05, 3.63) is 0 Å². The monoisotopic (exact) mass is 182 g/mol. The molecule has 1 spiro atoms. The number of aliphatic hydroxyl groups excluding tert-OH is 1. The van der Waals surface area contributed by atoms with E-state index in [2.05, 4.69) is 0 Å². The first-order valence-corrected chi connectivity index (χ1v) is 5.01. The third-order valence-corrected chi connectivity index (χ3v) is 4.13. The van der Waals surface area contributed by atoms with Gasteiger partial charge in [-0.25, -0.2) is 0 Å². The fourth-order valence-corrected chi connectivity index (χ4v) is 3.48. The number of Topliss-reactive ketones (excluding diaryl/α,β-unsaturated/α-hetero) is 1. The fourth-order valence-electron chi connectivity index (χ4n) is 3.48. The Bertz CT molecular complexity index is 273. The molecule has 3 aliphatic rings. The van der Waals surface area contributed by atoms with Crippen LogP contribution >= 0.6 is 0 Å². The highest BCUT2D eigenvalue weighted by molar-refractivity contribution is 5.92. The molecular formula is C10H14O3. The number of hydrogen-bond acceptors (Lipinski definition) is 3. The van der Waals surface area contributed by atoms with Gasteiger partial charge >= 0.3 is 0 Å². The summed E-state index contributed by atoms with van der Waals surface area (Å²) < 4.78 is 5.48. The van der Waals surface area contributed by atoms with Crippen molar-refractivity contribution in [3.63, 3.8) is 0 Å². The second kappa shape index (κ2) is 2.15. The Kier molecular flexibility index (Phi) is 1.31. The summed E-state index contributed by atoms with van der Waals surface area (Å²) in [6, 6.07) is 0. The molecule has 1 N–H and O–H groups in total. The molecule has 3 heteroatoms. The summed E-state index contributed by atoms with van der Waals surface area (Å²) >= 11 is 0. The van der Waals surface area contributed by atoms with E-state index in [0.29, 0.717) is 24.2 Å². The van der Waals surface area contributed by atoms with Gasteiger partial charge in [-0.2, -0.15) is 0 Å². The van der Waals surface area contributed by atoms with Crippen LogP contribution in [0.3, 0.4) is 0 Å². The summed E-state index contributed by atoms with van der Waals surface area (Å²) in [6.07, 6.45) is 1.25. The molecule has 3 nitrogen and oxygen atoms in total. The van der Waals surface area contributed by atoms with Crippen LogP contribution in [0.15, 0.2) is 0 Å². The van der Waals surface area contributed by atoms with Crippen LogP contribution < -0.4 is 0 Å². The van der Waals surface area contributed by atoms with Crippen LogP contribution in [0.4, 0.5) is 0 Å². The van der Waals surface area contributed by atoms with Crippen LogP contribution in [0.1, 0.15) is 19.8 Å². The second-order valence-corrected chi connectivity index (χ2v) is 4.65. The number of rotatable bonds is 1. The van der Waals surface area contributed by atoms with Gasteiger partial charge in [0.25, 0.3) is 0 Å². The molecule has 0 amide bonds. The van der Waals surface area contributed by atoms with Crippen molar-refractivity contribution in [2.45, 2.75) is 32.0 Å². The van der Waals surface area contributed by atoms with Crippen molar-refractivity contribution in [2.24, 2.45) is 17.3 Å². The smallest absolute Gasteiger partial charge is 0.142 e. The molecule has 5 atom stereocenters. The van der Waals surface area contributed by atoms with Gasteiger partial charge in [0.1, 0.15) is 5.78 Å². The molecule has 3 rings (SSSR count). The zero-order valence-electron chi connectivity index (χ0n) is 7.69. The number of fused-ring (bicyclic) bond motifs is 1. The normalized spacial score (nSPS) is 54.6. The molecule has 72 valence electrons. The Morgan fingerprint density at radius 3 is 3.08 bits per heavy atom. The van der Waals surface area contributed by atoms with E-state index in [0.717, 1.165) is 12.8 Å². The molecular weight excluding hydrogens is 168 g/mol. The predicted molar refractivity (Wildman–Crippen MR) is 45.1 cm³/mol. The second-order valence-electron chi connectivity index (χ2n) is 4.65. The molecule has 13 heavy (non-hydrogen) atoms. The molecule has 0 aromatic heterocycles. The minimum atomic E-state index is -0.428. The molecule has 0 bridgehead atoms. The standard InChI is InChI=1S/C10H14O3/c1-5(11)9-8-6-2-3-7(12)10(6,8)4-13-9/h5-6,8-9,11H,2-4H2,1H3/t5-,6-,8+,9-,10+/m1/s1. The Balaban J connectivity index is 1.89. The van der Waals surface area contributed by atoms with Crippen molar-refractivity contribution < 1.29 is 14.6 Å². The summed E-state index contributed by atoms with van der Waals surface area (Å²) in [6.45, 7) is 2.32. The van der Waals surface area contributed by atoms with E-state index in [1.807, 2.05) is 0 Å². The fraction of sp³-hybridized carbons (Fsp3) is 0.900. The van der Waals surface area contributed by atoms with E-state index < -0.39 is 6.10 Å². The third kappa shape index (κ3) is 0.716. The Morgan fingerprint density at radius 1 is 1.69 bits per heavy atom. The molecule has 2 saturated carbocycles. The Labute approximate surface area is 77.1 Å². The molecule has 0 aromatic rings. The van der Waals surface area contributed by atoms with Crippen molar-refractivity contribution in [3.8, 4) is 0 Å². The van der Waals surface area contributed by atoms with E-state index in [4.69, 9.17) is 4.74 Å². The first-order valence-electron chi connectivity index (χ1n) is 5.01.